The van der Waals surface area contributed by atoms with Gasteiger partial charge in [0.2, 0.25) is 13.6 Å². The SMILES string of the molecule is CCCC(=O)OCOC(=O)CCC(=O)OCOC(=O)CCC. The van der Waals surface area contributed by atoms with Gasteiger partial charge in [0.05, 0.1) is 12.8 Å². The van der Waals surface area contributed by atoms with Gasteiger partial charge in [-0.25, -0.2) is 0 Å². The Bertz CT molecular complexity index is 341. The maximum absolute atomic E-state index is 11.2. The fraction of sp³-hybridized carbons (Fsp3) is 0.714. The van der Waals surface area contributed by atoms with E-state index in [1.54, 1.807) is 0 Å². The van der Waals surface area contributed by atoms with Gasteiger partial charge >= 0.3 is 23.9 Å². The summed E-state index contributed by atoms with van der Waals surface area (Å²) >= 11 is 0. The fourth-order valence-electron chi connectivity index (χ4n) is 1.22. The van der Waals surface area contributed by atoms with Crippen LogP contribution in [0.2, 0.25) is 0 Å². The molecule has 0 N–H and O–H groups in total. The molecule has 22 heavy (non-hydrogen) atoms. The molecule has 0 bridgehead atoms. The van der Waals surface area contributed by atoms with E-state index in [2.05, 4.69) is 18.9 Å². The van der Waals surface area contributed by atoms with Gasteiger partial charge in [-0.3, -0.25) is 19.2 Å². The van der Waals surface area contributed by atoms with Crippen molar-refractivity contribution in [3.05, 3.63) is 0 Å². The highest BCUT2D eigenvalue weighted by Crippen LogP contribution is 1.99. The molecule has 0 aromatic heterocycles. The van der Waals surface area contributed by atoms with E-state index in [1.165, 1.54) is 0 Å². The first kappa shape index (κ1) is 19.9. The van der Waals surface area contributed by atoms with Crippen LogP contribution >= 0.6 is 0 Å². The van der Waals surface area contributed by atoms with Crippen molar-refractivity contribution in [3.63, 3.8) is 0 Å². The molecule has 0 aliphatic rings. The lowest BCUT2D eigenvalue weighted by molar-refractivity contribution is -0.172. The summed E-state index contributed by atoms with van der Waals surface area (Å²) in [6.45, 7) is 2.69. The number of carbonyl (C=O) groups excluding carboxylic acids is 4. The molecule has 8 nitrogen and oxygen atoms in total. The van der Waals surface area contributed by atoms with Crippen molar-refractivity contribution < 1.29 is 38.1 Å². The predicted molar refractivity (Wildman–Crippen MR) is 73.2 cm³/mol. The van der Waals surface area contributed by atoms with Crippen LogP contribution in [0.15, 0.2) is 0 Å². The summed E-state index contributed by atoms with van der Waals surface area (Å²) in [6.07, 6.45) is 1.35. The molecular formula is C14H22O8. The van der Waals surface area contributed by atoms with E-state index >= 15 is 0 Å². The van der Waals surface area contributed by atoms with Crippen molar-refractivity contribution in [2.45, 2.75) is 52.4 Å². The molecule has 0 amide bonds. The predicted octanol–water partition coefficient (Wildman–Crippen LogP) is 1.45. The highest BCUT2D eigenvalue weighted by Gasteiger charge is 2.11. The average Bonchev–Trinajstić information content (AvgIpc) is 2.45. The van der Waals surface area contributed by atoms with Gasteiger partial charge in [-0.15, -0.1) is 0 Å². The number of carbonyl (C=O) groups is 4. The molecule has 0 spiro atoms. The lowest BCUT2D eigenvalue weighted by atomic mass is 10.3. The minimum atomic E-state index is -0.691. The van der Waals surface area contributed by atoms with Gasteiger partial charge in [0.15, 0.2) is 0 Å². The maximum atomic E-state index is 11.2. The van der Waals surface area contributed by atoms with Crippen LogP contribution in [0.25, 0.3) is 0 Å². The zero-order chi connectivity index (χ0) is 16.8. The molecule has 0 unspecified atom stereocenters. The second-order valence-electron chi connectivity index (χ2n) is 4.30. The molecule has 0 radical (unpaired) electrons. The quantitative estimate of drug-likeness (QED) is 0.416. The van der Waals surface area contributed by atoms with Crippen LogP contribution in [-0.4, -0.2) is 37.5 Å². The third-order valence-corrected chi connectivity index (χ3v) is 2.32. The second kappa shape index (κ2) is 12.6. The van der Waals surface area contributed by atoms with Gasteiger partial charge in [-0.2, -0.15) is 0 Å². The van der Waals surface area contributed by atoms with E-state index in [1.807, 2.05) is 13.8 Å². The summed E-state index contributed by atoms with van der Waals surface area (Å²) in [5, 5.41) is 0. The molecule has 0 fully saturated rings. The van der Waals surface area contributed by atoms with E-state index in [0.717, 1.165) is 0 Å². The monoisotopic (exact) mass is 318 g/mol. The summed E-state index contributed by atoms with van der Waals surface area (Å²) in [6, 6.07) is 0. The average molecular weight is 318 g/mol. The largest absolute Gasteiger partial charge is 0.428 e. The molecule has 126 valence electrons. The van der Waals surface area contributed by atoms with Crippen LogP contribution in [0, 0.1) is 0 Å². The molecule has 0 atom stereocenters. The second-order valence-corrected chi connectivity index (χ2v) is 4.30. The normalized spacial score (nSPS) is 9.73. The van der Waals surface area contributed by atoms with Crippen molar-refractivity contribution in [3.8, 4) is 0 Å². The molecule has 0 aliphatic carbocycles. The first-order valence-corrected chi connectivity index (χ1v) is 7.12. The van der Waals surface area contributed by atoms with Gasteiger partial charge < -0.3 is 18.9 Å². The van der Waals surface area contributed by atoms with E-state index in [9.17, 15) is 19.2 Å². The van der Waals surface area contributed by atoms with Crippen LogP contribution in [0.4, 0.5) is 0 Å². The smallest absolute Gasteiger partial charge is 0.309 e. The van der Waals surface area contributed by atoms with Crippen LogP contribution in [0.3, 0.4) is 0 Å². The first-order valence-electron chi connectivity index (χ1n) is 7.12. The molecule has 0 aromatic rings. The maximum Gasteiger partial charge on any atom is 0.309 e. The van der Waals surface area contributed by atoms with Gasteiger partial charge in [0, 0.05) is 12.8 Å². The Labute approximate surface area is 129 Å². The van der Waals surface area contributed by atoms with Crippen molar-refractivity contribution in [2.75, 3.05) is 13.6 Å². The van der Waals surface area contributed by atoms with Crippen molar-refractivity contribution >= 4 is 23.9 Å². The number of esters is 4. The first-order chi connectivity index (χ1) is 10.5. The molecule has 0 saturated carbocycles. The molecular weight excluding hydrogens is 296 g/mol. The molecule has 0 rings (SSSR count). The number of rotatable bonds is 11. The Balaban J connectivity index is 3.62. The minimum Gasteiger partial charge on any atom is -0.428 e. The fourth-order valence-corrected chi connectivity index (χ4v) is 1.22. The van der Waals surface area contributed by atoms with E-state index in [4.69, 9.17) is 0 Å². The van der Waals surface area contributed by atoms with Gasteiger partial charge in [-0.1, -0.05) is 13.8 Å². The van der Waals surface area contributed by atoms with Gasteiger partial charge in [0.1, 0.15) is 0 Å². The van der Waals surface area contributed by atoms with E-state index in [0.29, 0.717) is 12.8 Å². The Kier molecular flexibility index (Phi) is 11.4. The molecule has 0 saturated heterocycles. The third-order valence-electron chi connectivity index (χ3n) is 2.32. The molecule has 0 aliphatic heterocycles. The van der Waals surface area contributed by atoms with Crippen molar-refractivity contribution in [1.82, 2.24) is 0 Å². The molecule has 8 heteroatoms. The summed E-state index contributed by atoms with van der Waals surface area (Å²) in [5.74, 6) is -2.29. The summed E-state index contributed by atoms with van der Waals surface area (Å²) < 4.78 is 18.5. The highest BCUT2D eigenvalue weighted by atomic mass is 16.7. The Hall–Kier alpha value is -2.12. The van der Waals surface area contributed by atoms with Crippen molar-refractivity contribution in [1.29, 1.82) is 0 Å². The van der Waals surface area contributed by atoms with Gasteiger partial charge in [-0.05, 0) is 12.8 Å². The standard InChI is InChI=1S/C14H22O8/c1-3-5-11(15)19-9-21-13(17)7-8-14(18)22-10-20-12(16)6-4-2/h3-10H2,1-2H3. The van der Waals surface area contributed by atoms with Gasteiger partial charge in [0.25, 0.3) is 0 Å². The lowest BCUT2D eigenvalue weighted by Crippen LogP contribution is -2.16. The zero-order valence-electron chi connectivity index (χ0n) is 12.9. The van der Waals surface area contributed by atoms with Crippen molar-refractivity contribution in [2.24, 2.45) is 0 Å². The summed E-state index contributed by atoms with van der Waals surface area (Å²) in [4.78, 5) is 44.5. The van der Waals surface area contributed by atoms with Crippen LogP contribution in [0.1, 0.15) is 52.4 Å². The van der Waals surface area contributed by atoms with Crippen LogP contribution in [-0.2, 0) is 38.1 Å². The minimum absolute atomic E-state index is 0.215. The van der Waals surface area contributed by atoms with Crippen LogP contribution in [0.5, 0.6) is 0 Å². The Morgan fingerprint density at radius 2 is 0.818 bits per heavy atom. The highest BCUT2D eigenvalue weighted by molar-refractivity contribution is 5.77. The van der Waals surface area contributed by atoms with E-state index in [-0.39, 0.29) is 25.7 Å². The lowest BCUT2D eigenvalue weighted by Gasteiger charge is -2.07. The summed E-state index contributed by atoms with van der Waals surface area (Å²) in [7, 11) is 0. The topological polar surface area (TPSA) is 105 Å². The van der Waals surface area contributed by atoms with Crippen LogP contribution < -0.4 is 0 Å². The Morgan fingerprint density at radius 1 is 0.545 bits per heavy atom. The zero-order valence-corrected chi connectivity index (χ0v) is 12.9. The van der Waals surface area contributed by atoms with E-state index < -0.39 is 37.5 Å². The summed E-state index contributed by atoms with van der Waals surface area (Å²) in [5.41, 5.74) is 0. The third kappa shape index (κ3) is 11.7. The molecule has 0 heterocycles. The number of ether oxygens (including phenoxy) is 4. The number of hydrogen-bond acceptors (Lipinski definition) is 8. The number of hydrogen-bond donors (Lipinski definition) is 0. The molecule has 0 aromatic carbocycles. The Morgan fingerprint density at radius 3 is 1.09 bits per heavy atom.